The summed E-state index contributed by atoms with van der Waals surface area (Å²) < 4.78 is 6.84. The van der Waals surface area contributed by atoms with Gasteiger partial charge in [-0.3, -0.25) is 9.59 Å². The molecule has 6 heteroatoms. The van der Waals surface area contributed by atoms with Gasteiger partial charge in [0.1, 0.15) is 11.2 Å². The first-order chi connectivity index (χ1) is 17.5. The van der Waals surface area contributed by atoms with Crippen molar-refractivity contribution >= 4 is 55.4 Å². The van der Waals surface area contributed by atoms with E-state index in [1.54, 1.807) is 0 Å². The number of carbonyl (C=O) groups is 2. The van der Waals surface area contributed by atoms with Crippen LogP contribution in [0.15, 0.2) is 87.8 Å². The molecule has 0 spiro atoms. The maximum absolute atomic E-state index is 13.2. The van der Waals surface area contributed by atoms with Crippen LogP contribution in [0.2, 0.25) is 0 Å². The summed E-state index contributed by atoms with van der Waals surface area (Å²) in [4.78, 5) is 28.2. The molecule has 0 atom stereocenters. The predicted molar refractivity (Wildman–Crippen MR) is 145 cm³/mol. The molecule has 1 aliphatic rings. The molecule has 0 unspecified atom stereocenters. The number of hydrogen-bond acceptors (Lipinski definition) is 3. The predicted octanol–water partition coefficient (Wildman–Crippen LogP) is 7.11. The Hall–Kier alpha value is -3.90. The maximum Gasteiger partial charge on any atom is 0.255 e. The summed E-state index contributed by atoms with van der Waals surface area (Å²) in [5.41, 5.74) is 6.72. The second-order valence-electron chi connectivity index (χ2n) is 9.18. The summed E-state index contributed by atoms with van der Waals surface area (Å²) in [5, 5.41) is 5.00. The van der Waals surface area contributed by atoms with Gasteiger partial charge in [-0.25, -0.2) is 0 Å². The number of aryl methyl sites for hydroxylation is 1. The van der Waals surface area contributed by atoms with E-state index in [1.807, 2.05) is 90.7 Å². The minimum atomic E-state index is -0.183. The van der Waals surface area contributed by atoms with E-state index < -0.39 is 0 Å². The number of rotatable bonds is 3. The minimum Gasteiger partial charge on any atom is -0.456 e. The van der Waals surface area contributed by atoms with Gasteiger partial charge in [-0.15, -0.1) is 0 Å². The number of halogens is 1. The van der Waals surface area contributed by atoms with E-state index in [1.165, 1.54) is 5.56 Å². The molecule has 2 amide bonds. The normalized spacial score (nSPS) is 13.1. The third kappa shape index (κ3) is 4.07. The highest BCUT2D eigenvalue weighted by atomic mass is 79.9. The Kier molecular flexibility index (Phi) is 5.61. The number of carbonyl (C=O) groups excluding carboxylic acids is 2. The number of benzene rings is 4. The van der Waals surface area contributed by atoms with E-state index in [4.69, 9.17) is 4.42 Å². The number of nitrogens with one attached hydrogen (secondary N) is 1. The molecule has 6 rings (SSSR count). The Bertz CT molecular complexity index is 1670. The van der Waals surface area contributed by atoms with Gasteiger partial charge in [-0.1, -0.05) is 40.2 Å². The molecular weight excluding hydrogens is 516 g/mol. The number of fused-ring (bicyclic) bond motifs is 4. The van der Waals surface area contributed by atoms with E-state index in [-0.39, 0.29) is 11.8 Å². The standard InChI is InChI=1S/C30H23BrN2O3/c1-18-14-22(31)8-10-24(18)30(35)33-13-12-19-6-7-20(15-21(19)17-33)29(34)32-23-9-11-28-26(16-23)25-4-2-3-5-27(25)36-28/h2-11,14-16H,12-13,17H2,1H3,(H,32,34). The lowest BCUT2D eigenvalue weighted by molar-refractivity contribution is 0.0734. The van der Waals surface area contributed by atoms with Gasteiger partial charge in [-0.2, -0.15) is 0 Å². The largest absolute Gasteiger partial charge is 0.456 e. The molecule has 0 saturated carbocycles. The topological polar surface area (TPSA) is 62.6 Å². The van der Waals surface area contributed by atoms with Crippen LogP contribution in [0.3, 0.4) is 0 Å². The van der Waals surface area contributed by atoms with Gasteiger partial charge in [0.25, 0.3) is 11.8 Å². The first-order valence-electron chi connectivity index (χ1n) is 11.9. The Balaban J connectivity index is 1.23. The summed E-state index contributed by atoms with van der Waals surface area (Å²) in [6.45, 7) is 3.09. The molecule has 0 aliphatic carbocycles. The minimum absolute atomic E-state index is 0.0149. The molecule has 0 fully saturated rings. The Labute approximate surface area is 216 Å². The number of amides is 2. The molecule has 0 bridgehead atoms. The molecule has 5 aromatic rings. The lowest BCUT2D eigenvalue weighted by atomic mass is 9.96. The van der Waals surface area contributed by atoms with Crippen LogP contribution in [-0.4, -0.2) is 23.3 Å². The fourth-order valence-electron chi connectivity index (χ4n) is 4.92. The fourth-order valence-corrected chi connectivity index (χ4v) is 5.39. The second-order valence-corrected chi connectivity index (χ2v) is 10.1. The van der Waals surface area contributed by atoms with Gasteiger partial charge < -0.3 is 14.6 Å². The summed E-state index contributed by atoms with van der Waals surface area (Å²) in [7, 11) is 0. The number of furan rings is 1. The molecule has 2 heterocycles. The van der Waals surface area contributed by atoms with E-state index in [9.17, 15) is 9.59 Å². The lowest BCUT2D eigenvalue weighted by Crippen LogP contribution is -2.36. The lowest BCUT2D eigenvalue weighted by Gasteiger charge is -2.29. The highest BCUT2D eigenvalue weighted by Gasteiger charge is 2.24. The molecule has 1 N–H and O–H groups in total. The van der Waals surface area contributed by atoms with Crippen molar-refractivity contribution < 1.29 is 14.0 Å². The summed E-state index contributed by atoms with van der Waals surface area (Å²) in [6, 6.07) is 25.0. The van der Waals surface area contributed by atoms with Gasteiger partial charge in [0.05, 0.1) is 0 Å². The SMILES string of the molecule is Cc1cc(Br)ccc1C(=O)N1CCc2ccc(C(=O)Nc3ccc4oc5ccccc5c4c3)cc2C1. The van der Waals surface area contributed by atoms with E-state index in [0.717, 1.165) is 44.0 Å². The van der Waals surface area contributed by atoms with Crippen LogP contribution >= 0.6 is 15.9 Å². The van der Waals surface area contributed by atoms with Gasteiger partial charge >= 0.3 is 0 Å². The Morgan fingerprint density at radius 2 is 1.72 bits per heavy atom. The van der Waals surface area contributed by atoms with Crippen molar-refractivity contribution in [3.8, 4) is 0 Å². The molecule has 178 valence electrons. The molecule has 0 saturated heterocycles. The average molecular weight is 539 g/mol. The first kappa shape index (κ1) is 22.6. The third-order valence-corrected chi connectivity index (χ3v) is 7.31. The second kappa shape index (κ2) is 8.95. The molecule has 36 heavy (non-hydrogen) atoms. The van der Waals surface area contributed by atoms with Crippen molar-refractivity contribution in [2.45, 2.75) is 19.9 Å². The van der Waals surface area contributed by atoms with Gasteiger partial charge in [0.2, 0.25) is 0 Å². The smallest absolute Gasteiger partial charge is 0.255 e. The third-order valence-electron chi connectivity index (χ3n) is 6.82. The molecule has 1 aromatic heterocycles. The van der Waals surface area contributed by atoms with Gasteiger partial charge in [0.15, 0.2) is 0 Å². The number of para-hydroxylation sites is 1. The highest BCUT2D eigenvalue weighted by Crippen LogP contribution is 2.31. The maximum atomic E-state index is 13.2. The zero-order chi connectivity index (χ0) is 24.8. The molecule has 1 aliphatic heterocycles. The average Bonchev–Trinajstić information content (AvgIpc) is 3.25. The van der Waals surface area contributed by atoms with Crippen molar-refractivity contribution in [2.75, 3.05) is 11.9 Å². The number of hydrogen-bond donors (Lipinski definition) is 1. The van der Waals surface area contributed by atoms with Crippen molar-refractivity contribution in [1.29, 1.82) is 0 Å². The molecule has 5 nitrogen and oxygen atoms in total. The van der Waals surface area contributed by atoms with Crippen LogP contribution in [-0.2, 0) is 13.0 Å². The van der Waals surface area contributed by atoms with Crippen molar-refractivity contribution in [3.05, 3.63) is 111 Å². The first-order valence-corrected chi connectivity index (χ1v) is 12.7. The zero-order valence-electron chi connectivity index (χ0n) is 19.7. The van der Waals surface area contributed by atoms with E-state index in [2.05, 4.69) is 21.2 Å². The quantitative estimate of drug-likeness (QED) is 0.266. The zero-order valence-corrected chi connectivity index (χ0v) is 21.3. The van der Waals surface area contributed by atoms with Crippen LogP contribution in [0.1, 0.15) is 37.4 Å². The van der Waals surface area contributed by atoms with Crippen LogP contribution < -0.4 is 5.32 Å². The highest BCUT2D eigenvalue weighted by molar-refractivity contribution is 9.10. The van der Waals surface area contributed by atoms with Crippen LogP contribution in [0.5, 0.6) is 0 Å². The molecule has 4 aromatic carbocycles. The van der Waals surface area contributed by atoms with Crippen LogP contribution in [0.4, 0.5) is 5.69 Å². The summed E-state index contributed by atoms with van der Waals surface area (Å²) >= 11 is 3.46. The Morgan fingerprint density at radius 1 is 0.889 bits per heavy atom. The van der Waals surface area contributed by atoms with E-state index >= 15 is 0 Å². The van der Waals surface area contributed by atoms with Gasteiger partial charge in [-0.05, 0) is 84.6 Å². The summed E-state index contributed by atoms with van der Waals surface area (Å²) in [6.07, 6.45) is 0.767. The van der Waals surface area contributed by atoms with Crippen LogP contribution in [0, 0.1) is 6.92 Å². The molecule has 0 radical (unpaired) electrons. The Morgan fingerprint density at radius 3 is 2.58 bits per heavy atom. The number of nitrogens with zero attached hydrogens (tertiary/aromatic N) is 1. The monoisotopic (exact) mass is 538 g/mol. The van der Waals surface area contributed by atoms with E-state index in [0.29, 0.717) is 29.9 Å². The van der Waals surface area contributed by atoms with Gasteiger partial charge in [0, 0.05) is 45.1 Å². The fraction of sp³-hybridized carbons (Fsp3) is 0.133. The van der Waals surface area contributed by atoms with Crippen molar-refractivity contribution in [1.82, 2.24) is 4.90 Å². The van der Waals surface area contributed by atoms with Crippen molar-refractivity contribution in [2.24, 2.45) is 0 Å². The molecular formula is C30H23BrN2O3. The number of anilines is 1. The van der Waals surface area contributed by atoms with Crippen molar-refractivity contribution in [3.63, 3.8) is 0 Å². The van der Waals surface area contributed by atoms with Crippen LogP contribution in [0.25, 0.3) is 21.9 Å². The summed E-state index contributed by atoms with van der Waals surface area (Å²) in [5.74, 6) is -0.168.